The van der Waals surface area contributed by atoms with E-state index in [2.05, 4.69) is 36.2 Å². The van der Waals surface area contributed by atoms with E-state index in [4.69, 9.17) is 4.74 Å². The lowest BCUT2D eigenvalue weighted by atomic mass is 10.1. The molecule has 1 aliphatic rings. The number of nitrogens with one attached hydrogen (secondary N) is 1. The Bertz CT molecular complexity index is 666. The van der Waals surface area contributed by atoms with Crippen molar-refractivity contribution in [1.29, 1.82) is 0 Å². The topological polar surface area (TPSA) is 58.2 Å². The van der Waals surface area contributed by atoms with Crippen LogP contribution in [-0.2, 0) is 11.3 Å². The van der Waals surface area contributed by atoms with Crippen molar-refractivity contribution in [3.05, 3.63) is 53.3 Å². The number of hydrogen-bond donors (Lipinski definition) is 1. The lowest BCUT2D eigenvalue weighted by Crippen LogP contribution is -2.29. The molecular weight excluding hydrogens is 302 g/mol. The Kier molecular flexibility index (Phi) is 5.30. The summed E-state index contributed by atoms with van der Waals surface area (Å²) in [4.78, 5) is 14.4. The second-order valence-corrected chi connectivity index (χ2v) is 6.77. The van der Waals surface area contributed by atoms with E-state index >= 15 is 0 Å². The molecule has 2 aromatic rings. The minimum Gasteiger partial charge on any atom is -0.376 e. The highest BCUT2D eigenvalue weighted by Crippen LogP contribution is 2.20. The van der Waals surface area contributed by atoms with Crippen LogP contribution < -0.4 is 0 Å². The number of aromatic nitrogens is 2. The van der Waals surface area contributed by atoms with Crippen LogP contribution in [0.2, 0.25) is 0 Å². The molecule has 0 unspecified atom stereocenters. The summed E-state index contributed by atoms with van der Waals surface area (Å²) in [6.45, 7) is 7.01. The fourth-order valence-electron chi connectivity index (χ4n) is 2.97. The van der Waals surface area contributed by atoms with Gasteiger partial charge in [0, 0.05) is 24.7 Å². The van der Waals surface area contributed by atoms with Gasteiger partial charge in [-0.05, 0) is 24.0 Å². The monoisotopic (exact) mass is 327 g/mol. The quantitative estimate of drug-likeness (QED) is 0.886. The number of ether oxygens (including phenoxy) is 1. The molecule has 24 heavy (non-hydrogen) atoms. The number of nitrogens with zero attached hydrogens (tertiary/aromatic N) is 2. The smallest absolute Gasteiger partial charge is 0.274 e. The maximum Gasteiger partial charge on any atom is 0.274 e. The zero-order valence-corrected chi connectivity index (χ0v) is 14.4. The number of H-pyrrole nitrogens is 1. The highest BCUT2D eigenvalue weighted by atomic mass is 16.5. The van der Waals surface area contributed by atoms with Crippen molar-refractivity contribution < 1.29 is 9.53 Å². The lowest BCUT2D eigenvalue weighted by molar-refractivity contribution is 0.0728. The molecule has 0 aliphatic carbocycles. The Morgan fingerprint density at radius 1 is 1.38 bits per heavy atom. The van der Waals surface area contributed by atoms with Crippen molar-refractivity contribution in [3.8, 4) is 0 Å². The number of rotatable bonds is 6. The summed E-state index contributed by atoms with van der Waals surface area (Å²) in [5.74, 6) is 0.765. The van der Waals surface area contributed by atoms with Crippen molar-refractivity contribution in [2.75, 3.05) is 19.7 Å². The van der Waals surface area contributed by atoms with E-state index in [1.807, 2.05) is 29.2 Å². The number of carbonyl (C=O) groups is 1. The van der Waals surface area contributed by atoms with Crippen molar-refractivity contribution >= 4 is 5.91 Å². The minimum absolute atomic E-state index is 0.0173. The summed E-state index contributed by atoms with van der Waals surface area (Å²) in [6, 6.07) is 12.0. The van der Waals surface area contributed by atoms with Crippen molar-refractivity contribution in [2.45, 2.75) is 32.8 Å². The molecule has 2 heterocycles. The molecule has 1 fully saturated rings. The second kappa shape index (κ2) is 7.62. The molecular formula is C19H25N3O2. The molecule has 1 aliphatic heterocycles. The van der Waals surface area contributed by atoms with Crippen molar-refractivity contribution in [2.24, 2.45) is 5.92 Å². The molecule has 1 aromatic carbocycles. The van der Waals surface area contributed by atoms with E-state index in [9.17, 15) is 4.79 Å². The van der Waals surface area contributed by atoms with Crippen LogP contribution in [0.3, 0.4) is 0 Å². The van der Waals surface area contributed by atoms with Gasteiger partial charge in [-0.3, -0.25) is 9.89 Å². The zero-order valence-electron chi connectivity index (χ0n) is 14.4. The summed E-state index contributed by atoms with van der Waals surface area (Å²) in [7, 11) is 0. The normalized spacial score (nSPS) is 17.6. The van der Waals surface area contributed by atoms with Gasteiger partial charge in [-0.1, -0.05) is 44.2 Å². The highest BCUT2D eigenvalue weighted by molar-refractivity contribution is 5.92. The van der Waals surface area contributed by atoms with Crippen molar-refractivity contribution in [3.63, 3.8) is 0 Å². The van der Waals surface area contributed by atoms with Gasteiger partial charge >= 0.3 is 0 Å². The van der Waals surface area contributed by atoms with Crippen LogP contribution in [-0.4, -0.2) is 40.7 Å². The molecule has 1 aromatic heterocycles. The van der Waals surface area contributed by atoms with Gasteiger partial charge < -0.3 is 9.64 Å². The summed E-state index contributed by atoms with van der Waals surface area (Å²) in [5, 5.41) is 7.11. The van der Waals surface area contributed by atoms with E-state index in [1.165, 1.54) is 5.56 Å². The molecule has 5 heteroatoms. The average Bonchev–Trinajstić information content (AvgIpc) is 3.25. The van der Waals surface area contributed by atoms with Crippen LogP contribution in [0.4, 0.5) is 0 Å². The number of likely N-dealkylation sites (tertiary alicyclic amines) is 1. The van der Waals surface area contributed by atoms with Gasteiger partial charge in [0.05, 0.1) is 13.2 Å². The SMILES string of the molecule is CC(C)c1cc(C(=O)N2CC[C@@H](COCc3ccccc3)C2)n[nH]1. The zero-order chi connectivity index (χ0) is 16.9. The third kappa shape index (κ3) is 4.03. The maximum absolute atomic E-state index is 12.5. The molecule has 0 spiro atoms. The van der Waals surface area contributed by atoms with Gasteiger partial charge in [0.2, 0.25) is 0 Å². The minimum atomic E-state index is 0.0173. The van der Waals surface area contributed by atoms with E-state index in [0.29, 0.717) is 30.7 Å². The Morgan fingerprint density at radius 2 is 2.17 bits per heavy atom. The Balaban J connectivity index is 1.47. The van der Waals surface area contributed by atoms with Crippen LogP contribution in [0.5, 0.6) is 0 Å². The van der Waals surface area contributed by atoms with Gasteiger partial charge in [-0.2, -0.15) is 5.10 Å². The van der Waals surface area contributed by atoms with Crippen LogP contribution >= 0.6 is 0 Å². The number of aromatic amines is 1. The Labute approximate surface area is 143 Å². The number of benzene rings is 1. The van der Waals surface area contributed by atoms with E-state index < -0.39 is 0 Å². The van der Waals surface area contributed by atoms with Crippen molar-refractivity contribution in [1.82, 2.24) is 15.1 Å². The number of carbonyl (C=O) groups excluding carboxylic acids is 1. The predicted octanol–water partition coefficient (Wildman–Crippen LogP) is 3.21. The molecule has 1 N–H and O–H groups in total. The first-order chi connectivity index (χ1) is 11.6. The second-order valence-electron chi connectivity index (χ2n) is 6.77. The molecule has 0 saturated carbocycles. The predicted molar refractivity (Wildman–Crippen MR) is 92.8 cm³/mol. The van der Waals surface area contributed by atoms with Gasteiger partial charge in [-0.15, -0.1) is 0 Å². The first kappa shape index (κ1) is 16.7. The third-order valence-corrected chi connectivity index (χ3v) is 4.48. The van der Waals surface area contributed by atoms with E-state index in [0.717, 1.165) is 25.2 Å². The molecule has 1 atom stereocenters. The Hall–Kier alpha value is -2.14. The standard InChI is InChI=1S/C19H25N3O2/c1-14(2)17-10-18(21-20-17)19(23)22-9-8-16(11-22)13-24-12-15-6-4-3-5-7-15/h3-7,10,14,16H,8-9,11-13H2,1-2H3,(H,20,21)/t16-/m1/s1. The first-order valence-corrected chi connectivity index (χ1v) is 8.59. The molecule has 128 valence electrons. The maximum atomic E-state index is 12.5. The largest absolute Gasteiger partial charge is 0.376 e. The molecule has 5 nitrogen and oxygen atoms in total. The van der Waals surface area contributed by atoms with Crippen LogP contribution in [0.25, 0.3) is 0 Å². The lowest BCUT2D eigenvalue weighted by Gasteiger charge is -2.15. The first-order valence-electron chi connectivity index (χ1n) is 8.59. The molecule has 1 amide bonds. The highest BCUT2D eigenvalue weighted by Gasteiger charge is 2.28. The van der Waals surface area contributed by atoms with Gasteiger partial charge in [0.25, 0.3) is 5.91 Å². The summed E-state index contributed by atoms with van der Waals surface area (Å²) < 4.78 is 5.81. The number of amides is 1. The van der Waals surface area contributed by atoms with Gasteiger partial charge in [0.1, 0.15) is 5.69 Å². The summed E-state index contributed by atoms with van der Waals surface area (Å²) in [5.41, 5.74) is 2.70. The van der Waals surface area contributed by atoms with E-state index in [-0.39, 0.29) is 5.91 Å². The average molecular weight is 327 g/mol. The molecule has 3 rings (SSSR count). The Morgan fingerprint density at radius 3 is 2.88 bits per heavy atom. The van der Waals surface area contributed by atoms with Gasteiger partial charge in [0.15, 0.2) is 0 Å². The van der Waals surface area contributed by atoms with E-state index in [1.54, 1.807) is 0 Å². The summed E-state index contributed by atoms with van der Waals surface area (Å²) >= 11 is 0. The molecule has 0 bridgehead atoms. The molecule has 0 radical (unpaired) electrons. The third-order valence-electron chi connectivity index (χ3n) is 4.48. The fraction of sp³-hybridized carbons (Fsp3) is 0.474. The molecule has 1 saturated heterocycles. The fourth-order valence-corrected chi connectivity index (χ4v) is 2.97. The van der Waals surface area contributed by atoms with Crippen LogP contribution in [0.15, 0.2) is 36.4 Å². The van der Waals surface area contributed by atoms with Gasteiger partial charge in [-0.25, -0.2) is 0 Å². The number of hydrogen-bond acceptors (Lipinski definition) is 3. The summed E-state index contributed by atoms with van der Waals surface area (Å²) in [6.07, 6.45) is 0.988. The van der Waals surface area contributed by atoms with Crippen LogP contribution in [0.1, 0.15) is 47.9 Å². The van der Waals surface area contributed by atoms with Crippen LogP contribution in [0, 0.1) is 5.92 Å².